The highest BCUT2D eigenvalue weighted by molar-refractivity contribution is 5.79. The number of carbonyl (C=O) groups is 1. The fourth-order valence-electron chi connectivity index (χ4n) is 4.56. The van der Waals surface area contributed by atoms with E-state index in [4.69, 9.17) is 4.74 Å². The maximum Gasteiger partial charge on any atom is 0.237 e. The molecule has 6 heteroatoms. The number of benzene rings is 2. The van der Waals surface area contributed by atoms with Crippen molar-refractivity contribution in [3.8, 4) is 22.9 Å². The highest BCUT2D eigenvalue weighted by atomic mass is 16.5. The van der Waals surface area contributed by atoms with Gasteiger partial charge in [-0.25, -0.2) is 0 Å². The molecule has 0 aliphatic carbocycles. The average Bonchev–Trinajstić information content (AvgIpc) is 3.44. The number of nitrogens with one attached hydrogen (secondary N) is 1. The summed E-state index contributed by atoms with van der Waals surface area (Å²) in [5.74, 6) is 0.885. The van der Waals surface area contributed by atoms with Gasteiger partial charge in [0.05, 0.1) is 19.7 Å². The Kier molecular flexibility index (Phi) is 6.43. The Morgan fingerprint density at radius 3 is 2.74 bits per heavy atom. The van der Waals surface area contributed by atoms with Gasteiger partial charge in [0.2, 0.25) is 5.91 Å². The summed E-state index contributed by atoms with van der Waals surface area (Å²) >= 11 is 0. The van der Waals surface area contributed by atoms with E-state index in [1.54, 1.807) is 12.0 Å². The van der Waals surface area contributed by atoms with Crippen LogP contribution >= 0.6 is 0 Å². The van der Waals surface area contributed by atoms with Crippen LogP contribution in [0.4, 0.5) is 5.69 Å². The molecule has 0 spiro atoms. The summed E-state index contributed by atoms with van der Waals surface area (Å²) in [5, 5.41) is 12.6. The Hall–Kier alpha value is -3.04. The Morgan fingerprint density at radius 2 is 2.00 bits per heavy atom. The van der Waals surface area contributed by atoms with Crippen molar-refractivity contribution < 1.29 is 9.53 Å². The van der Waals surface area contributed by atoms with Gasteiger partial charge in [-0.2, -0.15) is 5.26 Å². The summed E-state index contributed by atoms with van der Waals surface area (Å²) in [6.45, 7) is 4.93. The molecule has 1 saturated heterocycles. The molecule has 2 atom stereocenters. The lowest BCUT2D eigenvalue weighted by molar-refractivity contribution is -0.130. The molecule has 1 amide bonds. The summed E-state index contributed by atoms with van der Waals surface area (Å²) in [7, 11) is 1.68. The molecule has 31 heavy (non-hydrogen) atoms. The summed E-state index contributed by atoms with van der Waals surface area (Å²) in [6, 6.07) is 17.0. The summed E-state index contributed by atoms with van der Waals surface area (Å²) in [4.78, 5) is 16.6. The standard InChI is InChI=1S/C25H30N4O2/c1-18(27-16-25(30)29-12-3-4-22(29)15-26)17-28-13-11-20-5-6-21(14-24(20)28)19-7-9-23(31-2)10-8-19/h5-10,14,18,22,27H,3-4,11-13,16-17H2,1-2H3/t18-,22-/m0/s1. The van der Waals surface area contributed by atoms with Crippen LogP contribution in [0, 0.1) is 11.3 Å². The smallest absolute Gasteiger partial charge is 0.237 e. The number of ether oxygens (including phenoxy) is 1. The molecule has 162 valence electrons. The van der Waals surface area contributed by atoms with Crippen molar-refractivity contribution in [2.75, 3.05) is 38.2 Å². The molecule has 2 aliphatic rings. The molecule has 2 heterocycles. The van der Waals surface area contributed by atoms with Crippen LogP contribution in [0.25, 0.3) is 11.1 Å². The lowest BCUT2D eigenvalue weighted by Crippen LogP contribution is -2.45. The number of amides is 1. The van der Waals surface area contributed by atoms with Crippen molar-refractivity contribution in [3.63, 3.8) is 0 Å². The fourth-order valence-corrected chi connectivity index (χ4v) is 4.56. The Balaban J connectivity index is 1.37. The first-order chi connectivity index (χ1) is 15.1. The van der Waals surface area contributed by atoms with E-state index in [1.807, 2.05) is 12.1 Å². The normalized spacial score (nSPS) is 18.5. The molecule has 1 N–H and O–H groups in total. The molecule has 1 fully saturated rings. The van der Waals surface area contributed by atoms with Gasteiger partial charge in [0.1, 0.15) is 11.8 Å². The summed E-state index contributed by atoms with van der Waals surface area (Å²) in [6.07, 6.45) is 2.75. The number of nitrogens with zero attached hydrogens (tertiary/aromatic N) is 3. The van der Waals surface area contributed by atoms with Crippen LogP contribution in [-0.4, -0.2) is 56.2 Å². The number of rotatable bonds is 7. The van der Waals surface area contributed by atoms with Gasteiger partial charge in [0.25, 0.3) is 0 Å². The van der Waals surface area contributed by atoms with Gasteiger partial charge < -0.3 is 19.9 Å². The molecule has 0 radical (unpaired) electrons. The van der Waals surface area contributed by atoms with Crippen LogP contribution in [0.5, 0.6) is 5.75 Å². The number of likely N-dealkylation sites (tertiary alicyclic amines) is 1. The van der Waals surface area contributed by atoms with E-state index in [0.29, 0.717) is 6.54 Å². The van der Waals surface area contributed by atoms with E-state index in [2.05, 4.69) is 53.5 Å². The van der Waals surface area contributed by atoms with E-state index in [1.165, 1.54) is 22.4 Å². The predicted octanol–water partition coefficient (Wildman–Crippen LogP) is 3.22. The van der Waals surface area contributed by atoms with Crippen molar-refractivity contribution in [2.45, 2.75) is 38.3 Å². The lowest BCUT2D eigenvalue weighted by Gasteiger charge is -2.26. The maximum absolute atomic E-state index is 12.5. The molecular weight excluding hydrogens is 388 g/mol. The van der Waals surface area contributed by atoms with E-state index in [9.17, 15) is 10.1 Å². The van der Waals surface area contributed by atoms with E-state index < -0.39 is 0 Å². The van der Waals surface area contributed by atoms with Gasteiger partial charge in [0, 0.05) is 31.4 Å². The lowest BCUT2D eigenvalue weighted by atomic mass is 10.0. The topological polar surface area (TPSA) is 68.6 Å². The number of fused-ring (bicyclic) bond motifs is 1. The predicted molar refractivity (Wildman–Crippen MR) is 122 cm³/mol. The maximum atomic E-state index is 12.5. The molecule has 0 unspecified atom stereocenters. The number of methoxy groups -OCH3 is 1. The quantitative estimate of drug-likeness (QED) is 0.748. The first kappa shape index (κ1) is 21.2. The van der Waals surface area contributed by atoms with Gasteiger partial charge >= 0.3 is 0 Å². The third-order valence-corrected chi connectivity index (χ3v) is 6.32. The van der Waals surface area contributed by atoms with Crippen LogP contribution in [-0.2, 0) is 11.2 Å². The van der Waals surface area contributed by atoms with Crippen molar-refractivity contribution in [1.29, 1.82) is 5.26 Å². The molecule has 0 saturated carbocycles. The van der Waals surface area contributed by atoms with Crippen LogP contribution in [0.15, 0.2) is 42.5 Å². The molecule has 0 bridgehead atoms. The van der Waals surface area contributed by atoms with Gasteiger partial charge in [-0.1, -0.05) is 24.3 Å². The molecule has 0 aromatic heterocycles. The molecule has 2 aliphatic heterocycles. The van der Waals surface area contributed by atoms with Crippen molar-refractivity contribution >= 4 is 11.6 Å². The number of carbonyl (C=O) groups excluding carboxylic acids is 1. The third-order valence-electron chi connectivity index (χ3n) is 6.32. The highest BCUT2D eigenvalue weighted by Gasteiger charge is 2.28. The van der Waals surface area contributed by atoms with Gasteiger partial charge in [0.15, 0.2) is 0 Å². The zero-order chi connectivity index (χ0) is 21.8. The second-order valence-electron chi connectivity index (χ2n) is 8.42. The minimum atomic E-state index is -0.258. The third kappa shape index (κ3) is 4.67. The van der Waals surface area contributed by atoms with Crippen LogP contribution < -0.4 is 15.0 Å². The Labute approximate surface area is 184 Å². The SMILES string of the molecule is COc1ccc(-c2ccc3c(c2)N(C[C@H](C)NCC(=O)N2CCC[C@H]2C#N)CC3)cc1. The minimum Gasteiger partial charge on any atom is -0.497 e. The first-order valence-corrected chi connectivity index (χ1v) is 11.0. The van der Waals surface area contributed by atoms with E-state index in [0.717, 1.165) is 38.1 Å². The van der Waals surface area contributed by atoms with Crippen molar-refractivity contribution in [3.05, 3.63) is 48.0 Å². The number of hydrogen-bond acceptors (Lipinski definition) is 5. The average molecular weight is 419 g/mol. The van der Waals surface area contributed by atoms with E-state index >= 15 is 0 Å². The first-order valence-electron chi connectivity index (χ1n) is 11.0. The Morgan fingerprint density at radius 1 is 1.23 bits per heavy atom. The second-order valence-corrected chi connectivity index (χ2v) is 8.42. The number of nitriles is 1. The van der Waals surface area contributed by atoms with Crippen LogP contribution in [0.1, 0.15) is 25.3 Å². The fraction of sp³-hybridized carbons (Fsp3) is 0.440. The molecule has 2 aromatic carbocycles. The minimum absolute atomic E-state index is 0.0273. The Bertz CT molecular complexity index is 966. The summed E-state index contributed by atoms with van der Waals surface area (Å²) < 4.78 is 5.27. The zero-order valence-corrected chi connectivity index (χ0v) is 18.3. The van der Waals surface area contributed by atoms with Crippen LogP contribution in [0.2, 0.25) is 0 Å². The van der Waals surface area contributed by atoms with Gasteiger partial charge in [-0.05, 0) is 61.1 Å². The molecule has 6 nitrogen and oxygen atoms in total. The second kappa shape index (κ2) is 9.40. The van der Waals surface area contributed by atoms with Gasteiger partial charge in [-0.3, -0.25) is 4.79 Å². The zero-order valence-electron chi connectivity index (χ0n) is 18.3. The summed E-state index contributed by atoms with van der Waals surface area (Å²) in [5.41, 5.74) is 5.01. The molecular formula is C25H30N4O2. The number of hydrogen-bond donors (Lipinski definition) is 1. The number of anilines is 1. The molecule has 4 rings (SSSR count). The largest absolute Gasteiger partial charge is 0.497 e. The molecule has 2 aromatic rings. The van der Waals surface area contributed by atoms with Crippen molar-refractivity contribution in [2.24, 2.45) is 0 Å². The monoisotopic (exact) mass is 418 g/mol. The van der Waals surface area contributed by atoms with E-state index in [-0.39, 0.29) is 24.5 Å². The highest BCUT2D eigenvalue weighted by Crippen LogP contribution is 2.33. The van der Waals surface area contributed by atoms with Crippen molar-refractivity contribution in [1.82, 2.24) is 10.2 Å². The van der Waals surface area contributed by atoms with Crippen LogP contribution in [0.3, 0.4) is 0 Å². The van der Waals surface area contributed by atoms with Gasteiger partial charge in [-0.15, -0.1) is 0 Å².